The standard InChI is InChI=1S/C13H20ClNO2S/c1-4-9-18(16,17)13-8-6-5-7-12(13)15(3)10-11(2)14/h5-8,11H,4,9-10H2,1-3H3. The molecule has 1 unspecified atom stereocenters. The minimum atomic E-state index is -3.21. The zero-order chi connectivity index (χ0) is 13.8. The first-order chi connectivity index (χ1) is 8.38. The minimum absolute atomic E-state index is 0.0306. The van der Waals surface area contributed by atoms with Crippen LogP contribution >= 0.6 is 11.6 Å². The van der Waals surface area contributed by atoms with Gasteiger partial charge in [0.05, 0.1) is 16.3 Å². The number of benzene rings is 1. The second kappa shape index (κ2) is 6.43. The second-order valence-electron chi connectivity index (χ2n) is 4.45. The van der Waals surface area contributed by atoms with Gasteiger partial charge in [0.25, 0.3) is 0 Å². The fraction of sp³-hybridized carbons (Fsp3) is 0.538. The summed E-state index contributed by atoms with van der Waals surface area (Å²) in [5, 5.41) is -0.0306. The molecular weight excluding hydrogens is 270 g/mol. The Hall–Kier alpha value is -0.740. The van der Waals surface area contributed by atoms with Crippen LogP contribution in [0.4, 0.5) is 5.69 Å². The molecule has 0 fully saturated rings. The smallest absolute Gasteiger partial charge is 0.180 e. The lowest BCUT2D eigenvalue weighted by atomic mass is 10.3. The summed E-state index contributed by atoms with van der Waals surface area (Å²) < 4.78 is 24.4. The van der Waals surface area contributed by atoms with Gasteiger partial charge in [-0.25, -0.2) is 8.42 Å². The van der Waals surface area contributed by atoms with Gasteiger partial charge in [-0.1, -0.05) is 19.1 Å². The van der Waals surface area contributed by atoms with E-state index in [2.05, 4.69) is 0 Å². The van der Waals surface area contributed by atoms with Crippen LogP contribution in [-0.4, -0.2) is 33.1 Å². The monoisotopic (exact) mass is 289 g/mol. The molecule has 0 aliphatic carbocycles. The minimum Gasteiger partial charge on any atom is -0.372 e. The maximum Gasteiger partial charge on any atom is 0.180 e. The summed E-state index contributed by atoms with van der Waals surface area (Å²) in [6.07, 6.45) is 0.617. The SMILES string of the molecule is CCCS(=O)(=O)c1ccccc1N(C)CC(C)Cl. The van der Waals surface area contributed by atoms with Crippen molar-refractivity contribution in [3.63, 3.8) is 0 Å². The molecule has 3 nitrogen and oxygen atoms in total. The van der Waals surface area contributed by atoms with Crippen molar-refractivity contribution in [2.45, 2.75) is 30.5 Å². The first kappa shape index (κ1) is 15.3. The number of nitrogens with zero attached hydrogens (tertiary/aromatic N) is 1. The molecule has 0 saturated heterocycles. The molecule has 1 aromatic carbocycles. The van der Waals surface area contributed by atoms with Crippen LogP contribution in [0.5, 0.6) is 0 Å². The molecule has 0 heterocycles. The molecule has 0 N–H and O–H groups in total. The average molecular weight is 290 g/mol. The van der Waals surface area contributed by atoms with Gasteiger partial charge in [-0.15, -0.1) is 11.6 Å². The lowest BCUT2D eigenvalue weighted by Gasteiger charge is -2.23. The third-order valence-corrected chi connectivity index (χ3v) is 4.71. The van der Waals surface area contributed by atoms with E-state index < -0.39 is 9.84 Å². The summed E-state index contributed by atoms with van der Waals surface area (Å²) in [6, 6.07) is 7.08. The van der Waals surface area contributed by atoms with E-state index in [0.29, 0.717) is 17.9 Å². The number of hydrogen-bond donors (Lipinski definition) is 0. The Morgan fingerprint density at radius 3 is 2.50 bits per heavy atom. The predicted octanol–water partition coefficient (Wildman–Crippen LogP) is 2.93. The van der Waals surface area contributed by atoms with Crippen molar-refractivity contribution in [3.8, 4) is 0 Å². The van der Waals surface area contributed by atoms with Crippen LogP contribution in [0.15, 0.2) is 29.2 Å². The molecule has 0 spiro atoms. The zero-order valence-electron chi connectivity index (χ0n) is 11.1. The Kier molecular flexibility index (Phi) is 5.47. The molecule has 0 saturated carbocycles. The summed E-state index contributed by atoms with van der Waals surface area (Å²) in [4.78, 5) is 2.28. The lowest BCUT2D eigenvalue weighted by Crippen LogP contribution is -2.26. The largest absolute Gasteiger partial charge is 0.372 e. The van der Waals surface area contributed by atoms with Gasteiger partial charge < -0.3 is 4.90 Å². The summed E-state index contributed by atoms with van der Waals surface area (Å²) >= 11 is 5.96. The van der Waals surface area contributed by atoms with Crippen molar-refractivity contribution in [3.05, 3.63) is 24.3 Å². The molecule has 18 heavy (non-hydrogen) atoms. The van der Waals surface area contributed by atoms with E-state index in [0.717, 1.165) is 5.69 Å². The quantitative estimate of drug-likeness (QED) is 0.756. The van der Waals surface area contributed by atoms with E-state index in [4.69, 9.17) is 11.6 Å². The molecule has 5 heteroatoms. The summed E-state index contributed by atoms with van der Waals surface area (Å²) in [6.45, 7) is 4.37. The van der Waals surface area contributed by atoms with Gasteiger partial charge in [-0.05, 0) is 25.5 Å². The molecule has 0 amide bonds. The second-order valence-corrected chi connectivity index (χ2v) is 7.27. The first-order valence-corrected chi connectivity index (χ1v) is 8.14. The summed E-state index contributed by atoms with van der Waals surface area (Å²) in [7, 11) is -1.35. The number of rotatable bonds is 6. The van der Waals surface area contributed by atoms with E-state index in [1.807, 2.05) is 37.9 Å². The highest BCUT2D eigenvalue weighted by atomic mass is 35.5. The Morgan fingerprint density at radius 1 is 1.33 bits per heavy atom. The summed E-state index contributed by atoms with van der Waals surface area (Å²) in [5.74, 6) is 0.175. The van der Waals surface area contributed by atoms with Crippen LogP contribution in [0.25, 0.3) is 0 Å². The first-order valence-electron chi connectivity index (χ1n) is 6.05. The predicted molar refractivity (Wildman–Crippen MR) is 77.4 cm³/mol. The molecule has 0 aromatic heterocycles. The van der Waals surface area contributed by atoms with Crippen molar-refractivity contribution in [2.24, 2.45) is 0 Å². The fourth-order valence-electron chi connectivity index (χ4n) is 1.89. The van der Waals surface area contributed by atoms with Gasteiger partial charge in [0.15, 0.2) is 9.84 Å². The van der Waals surface area contributed by atoms with Gasteiger partial charge in [-0.2, -0.15) is 0 Å². The molecule has 0 radical (unpaired) electrons. The van der Waals surface area contributed by atoms with Gasteiger partial charge in [-0.3, -0.25) is 0 Å². The van der Waals surface area contributed by atoms with E-state index in [1.165, 1.54) is 0 Å². The van der Waals surface area contributed by atoms with Gasteiger partial charge in [0.2, 0.25) is 0 Å². The molecule has 1 aromatic rings. The lowest BCUT2D eigenvalue weighted by molar-refractivity contribution is 0.594. The fourth-order valence-corrected chi connectivity index (χ4v) is 3.68. The van der Waals surface area contributed by atoms with Crippen LogP contribution in [0.2, 0.25) is 0 Å². The van der Waals surface area contributed by atoms with Crippen molar-refractivity contribution < 1.29 is 8.42 Å². The number of anilines is 1. The van der Waals surface area contributed by atoms with Gasteiger partial charge >= 0.3 is 0 Å². The summed E-state index contributed by atoms with van der Waals surface area (Å²) in [5.41, 5.74) is 0.721. The average Bonchev–Trinajstić information content (AvgIpc) is 2.28. The molecular formula is C13H20ClNO2S. The van der Waals surface area contributed by atoms with Crippen molar-refractivity contribution in [1.29, 1.82) is 0 Å². The number of sulfone groups is 1. The van der Waals surface area contributed by atoms with Crippen molar-refractivity contribution >= 4 is 27.1 Å². The number of hydrogen-bond acceptors (Lipinski definition) is 3. The molecule has 102 valence electrons. The van der Waals surface area contributed by atoms with Crippen LogP contribution in [0.3, 0.4) is 0 Å². The highest BCUT2D eigenvalue weighted by molar-refractivity contribution is 7.91. The number of alkyl halides is 1. The highest BCUT2D eigenvalue weighted by Crippen LogP contribution is 2.25. The number of halogens is 1. The molecule has 1 rings (SSSR count). The maximum atomic E-state index is 12.2. The Labute approximate surface area is 115 Å². The Bertz CT molecular complexity index is 486. The van der Waals surface area contributed by atoms with E-state index in [1.54, 1.807) is 12.1 Å². The molecule has 0 aliphatic rings. The topological polar surface area (TPSA) is 37.4 Å². The molecule has 1 atom stereocenters. The maximum absolute atomic E-state index is 12.2. The Balaban J connectivity index is 3.14. The highest BCUT2D eigenvalue weighted by Gasteiger charge is 2.19. The third kappa shape index (κ3) is 3.89. The molecule has 0 bridgehead atoms. The van der Waals surface area contributed by atoms with Crippen molar-refractivity contribution in [2.75, 3.05) is 24.2 Å². The van der Waals surface area contributed by atoms with Crippen LogP contribution in [-0.2, 0) is 9.84 Å². The van der Waals surface area contributed by atoms with Gasteiger partial charge in [0, 0.05) is 19.0 Å². The van der Waals surface area contributed by atoms with E-state index in [9.17, 15) is 8.42 Å². The normalized spacial score (nSPS) is 13.3. The van der Waals surface area contributed by atoms with Crippen molar-refractivity contribution in [1.82, 2.24) is 0 Å². The van der Waals surface area contributed by atoms with E-state index in [-0.39, 0.29) is 11.1 Å². The van der Waals surface area contributed by atoms with Crippen LogP contribution in [0.1, 0.15) is 20.3 Å². The molecule has 0 aliphatic heterocycles. The zero-order valence-corrected chi connectivity index (χ0v) is 12.6. The Morgan fingerprint density at radius 2 is 1.94 bits per heavy atom. The number of para-hydroxylation sites is 1. The third-order valence-electron chi connectivity index (χ3n) is 2.61. The van der Waals surface area contributed by atoms with Gasteiger partial charge in [0.1, 0.15) is 0 Å². The van der Waals surface area contributed by atoms with E-state index >= 15 is 0 Å². The van der Waals surface area contributed by atoms with Crippen LogP contribution < -0.4 is 4.90 Å². The van der Waals surface area contributed by atoms with Crippen LogP contribution in [0, 0.1) is 0 Å².